The number of nitrogens with zero attached hydrogens (tertiary/aromatic N) is 2. The lowest BCUT2D eigenvalue weighted by Gasteiger charge is -2.27. The number of quaternary nitrogens is 1. The molecule has 1 atom stereocenters. The topological polar surface area (TPSA) is 77.8 Å². The molecule has 0 aliphatic carbocycles. The SMILES string of the molecule is C[NH+](C)CCCN1C(=O)C(=O)/C(=C(/[O-])c2ccc(F)cc2)C1c1cccnc1. The smallest absolute Gasteiger partial charge is 0.295 e. The monoisotopic (exact) mass is 383 g/mol. The Bertz CT molecular complexity index is 895. The molecule has 1 aliphatic heterocycles. The Balaban J connectivity index is 2.06. The van der Waals surface area contributed by atoms with E-state index in [0.29, 0.717) is 18.5 Å². The second-order valence-electron chi connectivity index (χ2n) is 7.08. The normalized spacial score (nSPS) is 18.9. The molecule has 146 valence electrons. The number of hydrogen-bond acceptors (Lipinski definition) is 4. The number of ketones is 1. The molecule has 2 heterocycles. The third-order valence-corrected chi connectivity index (χ3v) is 4.71. The van der Waals surface area contributed by atoms with Crippen molar-refractivity contribution in [3.05, 3.63) is 71.3 Å². The first-order valence-corrected chi connectivity index (χ1v) is 9.11. The van der Waals surface area contributed by atoms with Crippen LogP contribution in [-0.4, -0.2) is 48.8 Å². The number of rotatable bonds is 6. The number of pyridine rings is 1. The molecule has 1 fully saturated rings. The van der Waals surface area contributed by atoms with Gasteiger partial charge in [-0.05, 0) is 29.3 Å². The average molecular weight is 383 g/mol. The van der Waals surface area contributed by atoms with Crippen molar-refractivity contribution >= 4 is 17.4 Å². The van der Waals surface area contributed by atoms with Gasteiger partial charge in [-0.15, -0.1) is 0 Å². The fraction of sp³-hybridized carbons (Fsp3) is 0.286. The van der Waals surface area contributed by atoms with Gasteiger partial charge >= 0.3 is 0 Å². The molecule has 7 heteroatoms. The van der Waals surface area contributed by atoms with E-state index in [4.69, 9.17) is 0 Å². The first-order valence-electron chi connectivity index (χ1n) is 9.11. The summed E-state index contributed by atoms with van der Waals surface area (Å²) in [5.74, 6) is -2.53. The summed E-state index contributed by atoms with van der Waals surface area (Å²) >= 11 is 0. The maximum Gasteiger partial charge on any atom is 0.295 e. The maximum atomic E-state index is 13.2. The standard InChI is InChI=1S/C21H22FN3O3/c1-24(2)11-4-12-25-18(15-5-3-10-23-13-15)17(20(27)21(25)28)19(26)14-6-8-16(22)9-7-14/h3,5-10,13,18,26H,4,11-12H2,1-2H3/b19-17+. The minimum atomic E-state index is -0.805. The minimum absolute atomic E-state index is 0.109. The van der Waals surface area contributed by atoms with Crippen molar-refractivity contribution in [3.63, 3.8) is 0 Å². The predicted octanol–water partition coefficient (Wildman–Crippen LogP) is -0.0207. The van der Waals surface area contributed by atoms with Crippen LogP contribution < -0.4 is 10.0 Å². The van der Waals surface area contributed by atoms with Crippen LogP contribution in [0.15, 0.2) is 54.4 Å². The summed E-state index contributed by atoms with van der Waals surface area (Å²) in [6.45, 7) is 1.18. The van der Waals surface area contributed by atoms with Crippen molar-refractivity contribution in [2.24, 2.45) is 0 Å². The molecule has 2 aromatic rings. The summed E-state index contributed by atoms with van der Waals surface area (Å²) in [5, 5.41) is 13.0. The van der Waals surface area contributed by atoms with Gasteiger partial charge in [-0.2, -0.15) is 0 Å². The van der Waals surface area contributed by atoms with Crippen LogP contribution >= 0.6 is 0 Å². The Morgan fingerprint density at radius 3 is 2.54 bits per heavy atom. The highest BCUT2D eigenvalue weighted by Gasteiger charge is 2.44. The number of hydrogen-bond donors (Lipinski definition) is 1. The van der Waals surface area contributed by atoms with E-state index in [0.717, 1.165) is 18.7 Å². The minimum Gasteiger partial charge on any atom is -0.872 e. The van der Waals surface area contributed by atoms with E-state index in [1.54, 1.807) is 24.5 Å². The van der Waals surface area contributed by atoms with Crippen molar-refractivity contribution in [3.8, 4) is 0 Å². The largest absolute Gasteiger partial charge is 0.872 e. The summed E-state index contributed by atoms with van der Waals surface area (Å²) in [7, 11) is 4.01. The van der Waals surface area contributed by atoms with Gasteiger partial charge in [-0.25, -0.2) is 4.39 Å². The molecule has 6 nitrogen and oxygen atoms in total. The second kappa shape index (κ2) is 8.31. The van der Waals surface area contributed by atoms with Crippen LogP contribution in [0.2, 0.25) is 0 Å². The summed E-state index contributed by atoms with van der Waals surface area (Å²) in [6, 6.07) is 7.61. The van der Waals surface area contributed by atoms with Crippen LogP contribution in [0, 0.1) is 5.82 Å². The Labute approximate surface area is 162 Å². The highest BCUT2D eigenvalue weighted by atomic mass is 19.1. The van der Waals surface area contributed by atoms with Crippen molar-refractivity contribution in [2.45, 2.75) is 12.5 Å². The van der Waals surface area contributed by atoms with Crippen LogP contribution in [0.4, 0.5) is 4.39 Å². The molecule has 0 radical (unpaired) electrons. The molecule has 1 aliphatic rings. The molecule has 1 unspecified atom stereocenters. The van der Waals surface area contributed by atoms with Crippen molar-refractivity contribution in [1.29, 1.82) is 0 Å². The van der Waals surface area contributed by atoms with E-state index >= 15 is 0 Å². The van der Waals surface area contributed by atoms with Crippen LogP contribution in [0.5, 0.6) is 0 Å². The fourth-order valence-corrected chi connectivity index (χ4v) is 3.34. The van der Waals surface area contributed by atoms with Crippen LogP contribution in [-0.2, 0) is 9.59 Å². The van der Waals surface area contributed by atoms with Crippen molar-refractivity contribution in [2.75, 3.05) is 27.2 Å². The number of carbonyl (C=O) groups excluding carboxylic acids is 2. The van der Waals surface area contributed by atoms with Crippen molar-refractivity contribution in [1.82, 2.24) is 9.88 Å². The predicted molar refractivity (Wildman–Crippen MR) is 99.3 cm³/mol. The van der Waals surface area contributed by atoms with Crippen molar-refractivity contribution < 1.29 is 24.0 Å². The molecule has 1 aromatic carbocycles. The van der Waals surface area contributed by atoms with E-state index in [9.17, 15) is 19.1 Å². The van der Waals surface area contributed by atoms with Crippen LogP contribution in [0.3, 0.4) is 0 Å². The molecule has 0 bridgehead atoms. The van der Waals surface area contributed by atoms with Gasteiger partial charge in [-0.1, -0.05) is 24.0 Å². The Morgan fingerprint density at radius 2 is 1.93 bits per heavy atom. The highest BCUT2D eigenvalue weighted by molar-refractivity contribution is 6.46. The number of benzene rings is 1. The summed E-state index contributed by atoms with van der Waals surface area (Å²) in [4.78, 5) is 32.2. The van der Waals surface area contributed by atoms with E-state index in [2.05, 4.69) is 4.98 Å². The fourth-order valence-electron chi connectivity index (χ4n) is 3.34. The van der Waals surface area contributed by atoms with E-state index in [1.165, 1.54) is 21.9 Å². The molecule has 1 aromatic heterocycles. The quantitative estimate of drug-likeness (QED) is 0.432. The number of halogens is 1. The summed E-state index contributed by atoms with van der Waals surface area (Å²) < 4.78 is 13.2. The maximum absolute atomic E-state index is 13.2. The van der Waals surface area contributed by atoms with Gasteiger partial charge < -0.3 is 14.9 Å². The van der Waals surface area contributed by atoms with Gasteiger partial charge in [-0.3, -0.25) is 14.6 Å². The first kappa shape index (κ1) is 19.7. The number of amides is 1. The van der Waals surface area contributed by atoms with Gasteiger partial charge in [0.15, 0.2) is 0 Å². The molecule has 1 saturated heterocycles. The average Bonchev–Trinajstić information content (AvgIpc) is 2.93. The van der Waals surface area contributed by atoms with E-state index in [1.807, 2.05) is 14.1 Å². The van der Waals surface area contributed by atoms with E-state index < -0.39 is 29.3 Å². The number of aromatic nitrogens is 1. The molecular formula is C21H22FN3O3. The third-order valence-electron chi connectivity index (χ3n) is 4.71. The Hall–Kier alpha value is -3.06. The van der Waals surface area contributed by atoms with Gasteiger partial charge in [0.2, 0.25) is 5.78 Å². The molecule has 1 amide bonds. The molecular weight excluding hydrogens is 361 g/mol. The number of Topliss-reactive ketones (excluding diaryl/α,β-unsaturated/α-hetero) is 1. The van der Waals surface area contributed by atoms with Crippen LogP contribution in [0.25, 0.3) is 5.76 Å². The zero-order valence-corrected chi connectivity index (χ0v) is 15.8. The zero-order chi connectivity index (χ0) is 20.3. The molecule has 1 N–H and O–H groups in total. The first-order chi connectivity index (χ1) is 13.4. The number of nitrogens with one attached hydrogen (secondary N) is 1. The third kappa shape index (κ3) is 3.94. The highest BCUT2D eigenvalue weighted by Crippen LogP contribution is 2.38. The summed E-state index contributed by atoms with van der Waals surface area (Å²) in [6.07, 6.45) is 3.83. The lowest BCUT2D eigenvalue weighted by Crippen LogP contribution is -3.05. The van der Waals surface area contributed by atoms with Gasteiger partial charge in [0.25, 0.3) is 5.91 Å². The van der Waals surface area contributed by atoms with Crippen LogP contribution in [0.1, 0.15) is 23.6 Å². The molecule has 0 spiro atoms. The van der Waals surface area contributed by atoms with Gasteiger partial charge in [0.05, 0.1) is 26.7 Å². The lowest BCUT2D eigenvalue weighted by atomic mass is 9.96. The molecule has 3 rings (SSSR count). The Kier molecular flexibility index (Phi) is 5.84. The summed E-state index contributed by atoms with van der Waals surface area (Å²) in [5.41, 5.74) is 0.664. The molecule has 28 heavy (non-hydrogen) atoms. The zero-order valence-electron chi connectivity index (χ0n) is 15.8. The number of carbonyl (C=O) groups is 2. The van der Waals surface area contributed by atoms with Gasteiger partial charge in [0, 0.05) is 30.9 Å². The number of likely N-dealkylation sites (tertiary alicyclic amines) is 1. The Morgan fingerprint density at radius 1 is 1.21 bits per heavy atom. The molecule has 0 saturated carbocycles. The van der Waals surface area contributed by atoms with E-state index in [-0.39, 0.29) is 11.1 Å². The second-order valence-corrected chi connectivity index (χ2v) is 7.08. The lowest BCUT2D eigenvalue weighted by molar-refractivity contribution is -0.858. The van der Waals surface area contributed by atoms with Gasteiger partial charge in [0.1, 0.15) is 5.82 Å².